The molecule has 0 aliphatic carbocycles. The highest BCUT2D eigenvalue weighted by molar-refractivity contribution is 5.39. The second-order valence-electron chi connectivity index (χ2n) is 3.62. The summed E-state index contributed by atoms with van der Waals surface area (Å²) in [6.45, 7) is 2.28. The van der Waals surface area contributed by atoms with Crippen LogP contribution in [0.1, 0.15) is 24.6 Å². The van der Waals surface area contributed by atoms with Crippen molar-refractivity contribution in [1.82, 2.24) is 14.6 Å². The molecule has 0 aliphatic heterocycles. The maximum absolute atomic E-state index is 8.82. The van der Waals surface area contributed by atoms with Crippen LogP contribution in [-0.4, -0.2) is 26.3 Å². The van der Waals surface area contributed by atoms with E-state index in [4.69, 9.17) is 5.11 Å². The molecule has 0 atom stereocenters. The van der Waals surface area contributed by atoms with Crippen molar-refractivity contribution in [1.29, 1.82) is 0 Å². The molecule has 0 amide bonds. The summed E-state index contributed by atoms with van der Waals surface area (Å²) in [6.07, 6.45) is 6.43. The van der Waals surface area contributed by atoms with Crippen molar-refractivity contribution in [3.05, 3.63) is 29.7 Å². The zero-order valence-corrected chi connectivity index (χ0v) is 8.85. The van der Waals surface area contributed by atoms with Crippen LogP contribution in [0.2, 0.25) is 0 Å². The molecule has 80 valence electrons. The number of fused-ring (bicyclic) bond motifs is 1. The average Bonchev–Trinajstić information content (AvgIpc) is 2.60. The van der Waals surface area contributed by atoms with Gasteiger partial charge in [-0.25, -0.2) is 9.50 Å². The summed E-state index contributed by atoms with van der Waals surface area (Å²) in [5, 5.41) is 13.2. The number of hydrogen-bond acceptors (Lipinski definition) is 3. The van der Waals surface area contributed by atoms with Gasteiger partial charge in [0.05, 0.1) is 5.69 Å². The van der Waals surface area contributed by atoms with Gasteiger partial charge in [0.25, 0.3) is 0 Å². The van der Waals surface area contributed by atoms with Gasteiger partial charge >= 0.3 is 0 Å². The normalized spacial score (nSPS) is 11.1. The van der Waals surface area contributed by atoms with E-state index in [1.807, 2.05) is 12.3 Å². The SMILES string of the molecule is CCCc1cc2ncc(CCO)cn2n1. The molecule has 2 aromatic rings. The van der Waals surface area contributed by atoms with Crippen LogP contribution in [-0.2, 0) is 12.8 Å². The van der Waals surface area contributed by atoms with Gasteiger partial charge in [-0.05, 0) is 18.4 Å². The first kappa shape index (κ1) is 10.1. The molecule has 0 fully saturated rings. The molecule has 0 bridgehead atoms. The van der Waals surface area contributed by atoms with Crippen molar-refractivity contribution in [2.45, 2.75) is 26.2 Å². The van der Waals surface area contributed by atoms with Gasteiger partial charge in [0.2, 0.25) is 0 Å². The summed E-state index contributed by atoms with van der Waals surface area (Å²) < 4.78 is 1.79. The van der Waals surface area contributed by atoms with Crippen LogP contribution in [0.15, 0.2) is 18.5 Å². The summed E-state index contributed by atoms with van der Waals surface area (Å²) in [5.41, 5.74) is 2.96. The van der Waals surface area contributed by atoms with Gasteiger partial charge in [-0.15, -0.1) is 0 Å². The van der Waals surface area contributed by atoms with Gasteiger partial charge in [-0.3, -0.25) is 0 Å². The monoisotopic (exact) mass is 205 g/mol. The van der Waals surface area contributed by atoms with Crippen LogP contribution < -0.4 is 0 Å². The van der Waals surface area contributed by atoms with Gasteiger partial charge < -0.3 is 5.11 Å². The van der Waals surface area contributed by atoms with E-state index in [2.05, 4.69) is 17.0 Å². The van der Waals surface area contributed by atoms with Gasteiger partial charge in [-0.1, -0.05) is 13.3 Å². The molecule has 0 unspecified atom stereocenters. The first-order chi connectivity index (χ1) is 7.33. The molecule has 0 radical (unpaired) electrons. The van der Waals surface area contributed by atoms with E-state index in [0.717, 1.165) is 29.7 Å². The van der Waals surface area contributed by atoms with E-state index >= 15 is 0 Å². The minimum absolute atomic E-state index is 0.149. The maximum Gasteiger partial charge on any atom is 0.155 e. The first-order valence-corrected chi connectivity index (χ1v) is 5.27. The third-order valence-electron chi connectivity index (χ3n) is 2.32. The molecule has 1 N–H and O–H groups in total. The standard InChI is InChI=1S/C11H15N3O/c1-2-3-10-6-11-12-7-9(4-5-15)8-14(11)13-10/h6-8,15H,2-5H2,1H3. The lowest BCUT2D eigenvalue weighted by Crippen LogP contribution is -1.97. The molecule has 2 rings (SSSR count). The highest BCUT2D eigenvalue weighted by Crippen LogP contribution is 2.07. The van der Waals surface area contributed by atoms with E-state index in [0.29, 0.717) is 6.42 Å². The van der Waals surface area contributed by atoms with Crippen LogP contribution in [0.4, 0.5) is 0 Å². The summed E-state index contributed by atoms with van der Waals surface area (Å²) >= 11 is 0. The minimum Gasteiger partial charge on any atom is -0.396 e. The number of rotatable bonds is 4. The predicted molar refractivity (Wildman–Crippen MR) is 57.8 cm³/mol. The van der Waals surface area contributed by atoms with E-state index in [9.17, 15) is 0 Å². The highest BCUT2D eigenvalue weighted by Gasteiger charge is 2.02. The lowest BCUT2D eigenvalue weighted by molar-refractivity contribution is 0.299. The zero-order chi connectivity index (χ0) is 10.7. The fourth-order valence-corrected chi connectivity index (χ4v) is 1.60. The van der Waals surface area contributed by atoms with E-state index in [1.165, 1.54) is 0 Å². The zero-order valence-electron chi connectivity index (χ0n) is 8.85. The summed E-state index contributed by atoms with van der Waals surface area (Å²) in [6, 6.07) is 2.01. The number of aromatic nitrogens is 3. The van der Waals surface area contributed by atoms with Gasteiger partial charge in [0, 0.05) is 25.1 Å². The smallest absolute Gasteiger partial charge is 0.155 e. The Kier molecular flexibility index (Phi) is 2.97. The molecule has 2 aromatic heterocycles. The molecule has 0 aliphatic rings. The van der Waals surface area contributed by atoms with Crippen molar-refractivity contribution < 1.29 is 5.11 Å². The lowest BCUT2D eigenvalue weighted by Gasteiger charge is -1.97. The quantitative estimate of drug-likeness (QED) is 0.816. The fourth-order valence-electron chi connectivity index (χ4n) is 1.60. The maximum atomic E-state index is 8.82. The van der Waals surface area contributed by atoms with Crippen molar-refractivity contribution in [2.24, 2.45) is 0 Å². The van der Waals surface area contributed by atoms with E-state index < -0.39 is 0 Å². The van der Waals surface area contributed by atoms with Crippen molar-refractivity contribution in [3.63, 3.8) is 0 Å². The summed E-state index contributed by atoms with van der Waals surface area (Å²) in [7, 11) is 0. The lowest BCUT2D eigenvalue weighted by atomic mass is 10.2. The minimum atomic E-state index is 0.149. The number of aliphatic hydroxyl groups excluding tert-OH is 1. The number of nitrogens with zero attached hydrogens (tertiary/aromatic N) is 3. The van der Waals surface area contributed by atoms with Crippen LogP contribution >= 0.6 is 0 Å². The third-order valence-corrected chi connectivity index (χ3v) is 2.32. The third kappa shape index (κ3) is 2.15. The van der Waals surface area contributed by atoms with Crippen molar-refractivity contribution in [3.8, 4) is 0 Å². The van der Waals surface area contributed by atoms with Gasteiger partial charge in [0.1, 0.15) is 0 Å². The number of aryl methyl sites for hydroxylation is 1. The molecule has 0 saturated carbocycles. The molecule has 4 heteroatoms. The number of aliphatic hydroxyl groups is 1. The fraction of sp³-hybridized carbons (Fsp3) is 0.455. The van der Waals surface area contributed by atoms with Gasteiger partial charge in [-0.2, -0.15) is 5.10 Å². The Balaban J connectivity index is 2.34. The number of hydrogen-bond donors (Lipinski definition) is 1. The van der Waals surface area contributed by atoms with Crippen molar-refractivity contribution >= 4 is 5.65 Å². The topological polar surface area (TPSA) is 50.4 Å². The molecule has 0 aromatic carbocycles. The van der Waals surface area contributed by atoms with Crippen molar-refractivity contribution in [2.75, 3.05) is 6.61 Å². The molecule has 2 heterocycles. The second kappa shape index (κ2) is 4.40. The Morgan fingerprint density at radius 3 is 3.00 bits per heavy atom. The largest absolute Gasteiger partial charge is 0.396 e. The first-order valence-electron chi connectivity index (χ1n) is 5.27. The summed E-state index contributed by atoms with van der Waals surface area (Å²) in [5.74, 6) is 0. The molecular formula is C11H15N3O. The Hall–Kier alpha value is -1.42. The Morgan fingerprint density at radius 2 is 2.27 bits per heavy atom. The highest BCUT2D eigenvalue weighted by atomic mass is 16.2. The second-order valence-corrected chi connectivity index (χ2v) is 3.62. The Bertz CT molecular complexity index is 446. The molecule has 15 heavy (non-hydrogen) atoms. The average molecular weight is 205 g/mol. The molecular weight excluding hydrogens is 190 g/mol. The van der Waals surface area contributed by atoms with Crippen LogP contribution in [0.3, 0.4) is 0 Å². The molecule has 0 spiro atoms. The van der Waals surface area contributed by atoms with E-state index in [-0.39, 0.29) is 6.61 Å². The Morgan fingerprint density at radius 1 is 1.40 bits per heavy atom. The molecule has 4 nitrogen and oxygen atoms in total. The predicted octanol–water partition coefficient (Wildman–Crippen LogP) is 1.22. The van der Waals surface area contributed by atoms with Crippen LogP contribution in [0, 0.1) is 0 Å². The van der Waals surface area contributed by atoms with Gasteiger partial charge in [0.15, 0.2) is 5.65 Å². The van der Waals surface area contributed by atoms with Crippen LogP contribution in [0.5, 0.6) is 0 Å². The molecule has 0 saturated heterocycles. The summed E-state index contributed by atoms with van der Waals surface area (Å²) in [4.78, 5) is 4.29. The Labute approximate surface area is 88.6 Å². The van der Waals surface area contributed by atoms with E-state index in [1.54, 1.807) is 10.7 Å². The van der Waals surface area contributed by atoms with Crippen LogP contribution in [0.25, 0.3) is 5.65 Å².